The van der Waals surface area contributed by atoms with E-state index >= 15 is 0 Å². The van der Waals surface area contributed by atoms with Crippen molar-refractivity contribution in [3.05, 3.63) is 70.2 Å². The number of rotatable bonds is 12. The number of carbonyl (C=O) groups is 2. The minimum absolute atomic E-state index is 0.0236. The summed E-state index contributed by atoms with van der Waals surface area (Å²) in [4.78, 5) is 27.7. The summed E-state index contributed by atoms with van der Waals surface area (Å²) in [5.74, 6) is 0.992. The maximum Gasteiger partial charge on any atom is 0.242 e. The second-order valence-corrected chi connectivity index (χ2v) is 9.12. The predicted octanol–water partition coefficient (Wildman–Crippen LogP) is 5.61. The Bertz CT molecular complexity index is 824. The number of aryl methyl sites for hydroxylation is 1. The first-order valence-electron chi connectivity index (χ1n) is 10.9. The SMILES string of the molecule is CCCCNC(=O)C(CC)N(Cc1ccc(Cl)cc1)C(=O)CSCc1ccc(C)cc1. The van der Waals surface area contributed by atoms with E-state index in [1.54, 1.807) is 16.7 Å². The molecule has 1 atom stereocenters. The zero-order valence-electron chi connectivity index (χ0n) is 18.7. The fourth-order valence-electron chi connectivity index (χ4n) is 3.24. The van der Waals surface area contributed by atoms with Crippen molar-refractivity contribution in [1.29, 1.82) is 0 Å². The van der Waals surface area contributed by atoms with Crippen molar-refractivity contribution >= 4 is 35.2 Å². The Morgan fingerprint density at radius 2 is 1.68 bits per heavy atom. The number of hydrogen-bond acceptors (Lipinski definition) is 3. The number of nitrogens with one attached hydrogen (secondary N) is 1. The fraction of sp³-hybridized carbons (Fsp3) is 0.440. The molecule has 0 aliphatic heterocycles. The van der Waals surface area contributed by atoms with Crippen molar-refractivity contribution in [2.75, 3.05) is 12.3 Å². The fourth-order valence-corrected chi connectivity index (χ4v) is 4.23. The van der Waals surface area contributed by atoms with Crippen molar-refractivity contribution in [3.63, 3.8) is 0 Å². The minimum atomic E-state index is -0.486. The average molecular weight is 461 g/mol. The smallest absolute Gasteiger partial charge is 0.242 e. The number of nitrogens with zero attached hydrogens (tertiary/aromatic N) is 1. The van der Waals surface area contributed by atoms with Gasteiger partial charge >= 0.3 is 0 Å². The standard InChI is InChI=1S/C25H33ClN2O2S/c1-4-6-15-27-25(30)23(5-2)28(16-20-11-13-22(26)14-12-20)24(29)18-31-17-21-9-7-19(3)8-10-21/h7-14,23H,4-6,15-18H2,1-3H3,(H,27,30). The first kappa shape index (κ1) is 25.3. The molecule has 4 nitrogen and oxygen atoms in total. The van der Waals surface area contributed by atoms with Crippen molar-refractivity contribution < 1.29 is 9.59 Å². The molecule has 0 heterocycles. The summed E-state index contributed by atoms with van der Waals surface area (Å²) in [6.45, 7) is 7.13. The Morgan fingerprint density at radius 1 is 1.03 bits per heavy atom. The Kier molecular flexibility index (Phi) is 11.0. The van der Waals surface area contributed by atoms with Crippen LogP contribution in [0.4, 0.5) is 0 Å². The van der Waals surface area contributed by atoms with E-state index in [1.807, 2.05) is 31.2 Å². The van der Waals surface area contributed by atoms with Crippen LogP contribution in [0.5, 0.6) is 0 Å². The Morgan fingerprint density at radius 3 is 2.29 bits per heavy atom. The first-order chi connectivity index (χ1) is 14.9. The summed E-state index contributed by atoms with van der Waals surface area (Å²) in [5.41, 5.74) is 3.37. The molecule has 6 heteroatoms. The van der Waals surface area contributed by atoms with E-state index in [2.05, 4.69) is 43.4 Å². The number of amides is 2. The van der Waals surface area contributed by atoms with E-state index < -0.39 is 6.04 Å². The number of hydrogen-bond donors (Lipinski definition) is 1. The van der Waals surface area contributed by atoms with Crippen LogP contribution in [0, 0.1) is 6.92 Å². The second kappa shape index (κ2) is 13.4. The van der Waals surface area contributed by atoms with Gasteiger partial charge in [-0.05, 0) is 43.0 Å². The van der Waals surface area contributed by atoms with Crippen LogP contribution in [0.3, 0.4) is 0 Å². The molecule has 0 aliphatic rings. The monoisotopic (exact) mass is 460 g/mol. The summed E-state index contributed by atoms with van der Waals surface area (Å²) in [6, 6.07) is 15.3. The van der Waals surface area contributed by atoms with E-state index in [9.17, 15) is 9.59 Å². The van der Waals surface area contributed by atoms with Crippen LogP contribution in [-0.2, 0) is 21.9 Å². The molecule has 31 heavy (non-hydrogen) atoms. The molecular weight excluding hydrogens is 428 g/mol. The van der Waals surface area contributed by atoms with Gasteiger partial charge in [0.2, 0.25) is 11.8 Å². The molecule has 0 spiro atoms. The van der Waals surface area contributed by atoms with Crippen LogP contribution in [0.1, 0.15) is 49.8 Å². The largest absolute Gasteiger partial charge is 0.354 e. The van der Waals surface area contributed by atoms with Crippen LogP contribution in [0.25, 0.3) is 0 Å². The van der Waals surface area contributed by atoms with Crippen LogP contribution in [0.2, 0.25) is 5.02 Å². The zero-order valence-corrected chi connectivity index (χ0v) is 20.3. The molecule has 1 N–H and O–H groups in total. The van der Waals surface area contributed by atoms with Crippen LogP contribution >= 0.6 is 23.4 Å². The number of halogens is 1. The maximum absolute atomic E-state index is 13.2. The van der Waals surface area contributed by atoms with Gasteiger partial charge in [0.05, 0.1) is 5.75 Å². The third-order valence-corrected chi connectivity index (χ3v) is 6.34. The van der Waals surface area contributed by atoms with E-state index in [4.69, 9.17) is 11.6 Å². The van der Waals surface area contributed by atoms with E-state index in [0.717, 1.165) is 24.2 Å². The number of benzene rings is 2. The minimum Gasteiger partial charge on any atom is -0.354 e. The zero-order chi connectivity index (χ0) is 22.6. The van der Waals surface area contributed by atoms with Gasteiger partial charge in [0.15, 0.2) is 0 Å². The molecular formula is C25H33ClN2O2S. The molecule has 2 aromatic rings. The molecule has 0 aromatic heterocycles. The molecule has 0 aliphatic carbocycles. The van der Waals surface area contributed by atoms with Gasteiger partial charge in [-0.3, -0.25) is 9.59 Å². The van der Waals surface area contributed by atoms with Gasteiger partial charge in [0, 0.05) is 23.9 Å². The lowest BCUT2D eigenvalue weighted by Crippen LogP contribution is -2.49. The quantitative estimate of drug-likeness (QED) is 0.419. The average Bonchev–Trinajstić information content (AvgIpc) is 2.76. The molecule has 0 bridgehead atoms. The molecule has 2 aromatic carbocycles. The first-order valence-corrected chi connectivity index (χ1v) is 12.4. The lowest BCUT2D eigenvalue weighted by atomic mass is 10.1. The molecule has 2 amide bonds. The van der Waals surface area contributed by atoms with E-state index in [0.29, 0.717) is 30.3 Å². The summed E-state index contributed by atoms with van der Waals surface area (Å²) in [7, 11) is 0. The predicted molar refractivity (Wildman–Crippen MR) is 131 cm³/mol. The van der Waals surface area contributed by atoms with Crippen LogP contribution < -0.4 is 5.32 Å². The Hall–Kier alpha value is -1.98. The highest BCUT2D eigenvalue weighted by Gasteiger charge is 2.28. The maximum atomic E-state index is 13.2. The molecule has 0 saturated carbocycles. The third kappa shape index (κ3) is 8.58. The third-order valence-electron chi connectivity index (χ3n) is 5.10. The molecule has 0 radical (unpaired) electrons. The summed E-state index contributed by atoms with van der Waals surface area (Å²) < 4.78 is 0. The van der Waals surface area contributed by atoms with Gasteiger partial charge in [-0.2, -0.15) is 0 Å². The summed E-state index contributed by atoms with van der Waals surface area (Å²) in [5, 5.41) is 3.64. The lowest BCUT2D eigenvalue weighted by molar-refractivity contribution is -0.139. The van der Waals surface area contributed by atoms with Crippen LogP contribution in [-0.4, -0.2) is 35.1 Å². The Labute approximate surface area is 195 Å². The van der Waals surface area contributed by atoms with Gasteiger partial charge in [-0.25, -0.2) is 0 Å². The molecule has 0 saturated heterocycles. The van der Waals surface area contributed by atoms with Gasteiger partial charge in [-0.1, -0.05) is 73.8 Å². The molecule has 1 unspecified atom stereocenters. The van der Waals surface area contributed by atoms with E-state index in [-0.39, 0.29) is 11.8 Å². The number of carbonyl (C=O) groups excluding carboxylic acids is 2. The van der Waals surface area contributed by atoms with Gasteiger partial charge < -0.3 is 10.2 Å². The van der Waals surface area contributed by atoms with Crippen molar-refractivity contribution in [1.82, 2.24) is 10.2 Å². The normalized spacial score (nSPS) is 11.7. The molecule has 168 valence electrons. The molecule has 2 rings (SSSR count). The highest BCUT2D eigenvalue weighted by atomic mass is 35.5. The summed E-state index contributed by atoms with van der Waals surface area (Å²) in [6.07, 6.45) is 2.51. The van der Waals surface area contributed by atoms with Crippen molar-refractivity contribution in [2.24, 2.45) is 0 Å². The van der Waals surface area contributed by atoms with Crippen molar-refractivity contribution in [3.8, 4) is 0 Å². The summed E-state index contributed by atoms with van der Waals surface area (Å²) >= 11 is 7.59. The Balaban J connectivity index is 2.08. The number of unbranched alkanes of at least 4 members (excludes halogenated alkanes) is 1. The highest BCUT2D eigenvalue weighted by Crippen LogP contribution is 2.19. The van der Waals surface area contributed by atoms with Crippen molar-refractivity contribution in [2.45, 2.75) is 58.4 Å². The second-order valence-electron chi connectivity index (χ2n) is 7.70. The highest BCUT2D eigenvalue weighted by molar-refractivity contribution is 7.99. The van der Waals surface area contributed by atoms with Gasteiger partial charge in [-0.15, -0.1) is 11.8 Å². The number of thioether (sulfide) groups is 1. The molecule has 0 fully saturated rings. The van der Waals surface area contributed by atoms with Gasteiger partial charge in [0.1, 0.15) is 6.04 Å². The lowest BCUT2D eigenvalue weighted by Gasteiger charge is -2.30. The van der Waals surface area contributed by atoms with E-state index in [1.165, 1.54) is 11.1 Å². The van der Waals surface area contributed by atoms with Gasteiger partial charge in [0.25, 0.3) is 0 Å². The topological polar surface area (TPSA) is 49.4 Å². The van der Waals surface area contributed by atoms with Crippen LogP contribution in [0.15, 0.2) is 48.5 Å².